The van der Waals surface area contributed by atoms with Crippen LogP contribution in [0.4, 0.5) is 0 Å². The van der Waals surface area contributed by atoms with Crippen molar-refractivity contribution in [2.75, 3.05) is 0 Å². The van der Waals surface area contributed by atoms with E-state index in [1.165, 1.54) is 31.2 Å². The maximum atomic E-state index is 6.35. The van der Waals surface area contributed by atoms with Gasteiger partial charge in [-0.2, -0.15) is 0 Å². The van der Waals surface area contributed by atoms with Crippen LogP contribution in [0.15, 0.2) is 30.3 Å². The van der Waals surface area contributed by atoms with E-state index < -0.39 is 0 Å². The van der Waals surface area contributed by atoms with Crippen molar-refractivity contribution in [2.24, 2.45) is 0 Å². The Labute approximate surface area is 122 Å². The van der Waals surface area contributed by atoms with Crippen molar-refractivity contribution in [3.05, 3.63) is 35.9 Å². The molecule has 0 radical (unpaired) electrons. The predicted molar refractivity (Wildman–Crippen MR) is 82.8 cm³/mol. The maximum absolute atomic E-state index is 6.35. The SMILES string of the molecule is CC1CC(C)(C)NC(C2(c3ccccc3)CCCC2)O1. The zero-order valence-corrected chi connectivity index (χ0v) is 13.0. The van der Waals surface area contributed by atoms with Gasteiger partial charge >= 0.3 is 0 Å². The molecule has 0 aromatic heterocycles. The fourth-order valence-electron chi connectivity index (χ4n) is 4.19. The summed E-state index contributed by atoms with van der Waals surface area (Å²) in [4.78, 5) is 0. The first kappa shape index (κ1) is 14.1. The number of benzene rings is 1. The van der Waals surface area contributed by atoms with Crippen molar-refractivity contribution in [3.63, 3.8) is 0 Å². The smallest absolute Gasteiger partial charge is 0.118 e. The highest BCUT2D eigenvalue weighted by Crippen LogP contribution is 2.46. The Kier molecular flexibility index (Phi) is 3.64. The molecule has 2 unspecified atom stereocenters. The summed E-state index contributed by atoms with van der Waals surface area (Å²) >= 11 is 0. The summed E-state index contributed by atoms with van der Waals surface area (Å²) in [6.07, 6.45) is 6.64. The Balaban J connectivity index is 1.95. The van der Waals surface area contributed by atoms with Gasteiger partial charge in [0.05, 0.1) is 6.10 Å². The second-order valence-electron chi connectivity index (χ2n) is 7.29. The normalized spacial score (nSPS) is 32.1. The second-order valence-corrected chi connectivity index (χ2v) is 7.29. The lowest BCUT2D eigenvalue weighted by molar-refractivity contribution is -0.123. The van der Waals surface area contributed by atoms with E-state index in [9.17, 15) is 0 Å². The number of hydrogen-bond donors (Lipinski definition) is 1. The minimum Gasteiger partial charge on any atom is -0.359 e. The van der Waals surface area contributed by atoms with Crippen LogP contribution in [0, 0.1) is 0 Å². The summed E-state index contributed by atoms with van der Waals surface area (Å²) in [5.74, 6) is 0. The monoisotopic (exact) mass is 273 g/mol. The molecule has 2 fully saturated rings. The van der Waals surface area contributed by atoms with Crippen LogP contribution in [0.1, 0.15) is 58.4 Å². The van der Waals surface area contributed by atoms with E-state index in [1.807, 2.05) is 0 Å². The van der Waals surface area contributed by atoms with E-state index in [-0.39, 0.29) is 17.2 Å². The molecular weight excluding hydrogens is 246 g/mol. The van der Waals surface area contributed by atoms with E-state index in [2.05, 4.69) is 56.4 Å². The fourth-order valence-corrected chi connectivity index (χ4v) is 4.19. The molecule has 20 heavy (non-hydrogen) atoms. The van der Waals surface area contributed by atoms with Crippen LogP contribution in [-0.2, 0) is 10.2 Å². The lowest BCUT2D eigenvalue weighted by Crippen LogP contribution is -2.61. The van der Waals surface area contributed by atoms with Gasteiger partial charge in [0.25, 0.3) is 0 Å². The standard InChI is InChI=1S/C18H27NO/c1-14-13-17(2,3)19-16(20-14)18(11-7-8-12-18)15-9-5-4-6-10-15/h4-6,9-10,14,16,19H,7-8,11-13H2,1-3H3. The third-order valence-electron chi connectivity index (χ3n) is 5.03. The molecule has 1 saturated carbocycles. The molecule has 110 valence electrons. The Bertz CT molecular complexity index is 448. The van der Waals surface area contributed by atoms with E-state index in [4.69, 9.17) is 4.74 Å². The number of hydrogen-bond acceptors (Lipinski definition) is 2. The van der Waals surface area contributed by atoms with Gasteiger partial charge in [-0.05, 0) is 45.6 Å². The fraction of sp³-hybridized carbons (Fsp3) is 0.667. The average molecular weight is 273 g/mol. The lowest BCUT2D eigenvalue weighted by atomic mass is 9.75. The van der Waals surface area contributed by atoms with Gasteiger partial charge in [-0.15, -0.1) is 0 Å². The van der Waals surface area contributed by atoms with Crippen LogP contribution in [0.2, 0.25) is 0 Å². The van der Waals surface area contributed by atoms with Gasteiger partial charge in [-0.25, -0.2) is 0 Å². The zero-order chi connectivity index (χ0) is 14.2. The van der Waals surface area contributed by atoms with Gasteiger partial charge in [0.1, 0.15) is 6.23 Å². The highest BCUT2D eigenvalue weighted by Gasteiger charge is 2.48. The molecule has 0 bridgehead atoms. The van der Waals surface area contributed by atoms with E-state index in [1.54, 1.807) is 0 Å². The molecule has 0 amide bonds. The third kappa shape index (κ3) is 2.51. The molecule has 1 aromatic carbocycles. The summed E-state index contributed by atoms with van der Waals surface area (Å²) < 4.78 is 6.35. The van der Waals surface area contributed by atoms with Crippen molar-refractivity contribution in [3.8, 4) is 0 Å². The lowest BCUT2D eigenvalue weighted by Gasteiger charge is -2.48. The third-order valence-corrected chi connectivity index (χ3v) is 5.03. The summed E-state index contributed by atoms with van der Waals surface area (Å²) in [7, 11) is 0. The highest BCUT2D eigenvalue weighted by atomic mass is 16.5. The Morgan fingerprint density at radius 1 is 1.10 bits per heavy atom. The van der Waals surface area contributed by atoms with E-state index >= 15 is 0 Å². The van der Waals surface area contributed by atoms with Gasteiger partial charge in [0, 0.05) is 11.0 Å². The quantitative estimate of drug-likeness (QED) is 0.879. The van der Waals surface area contributed by atoms with Crippen molar-refractivity contribution in [1.29, 1.82) is 0 Å². The largest absolute Gasteiger partial charge is 0.359 e. The summed E-state index contributed by atoms with van der Waals surface area (Å²) in [6.45, 7) is 6.81. The Hall–Kier alpha value is -0.860. The number of nitrogens with one attached hydrogen (secondary N) is 1. The zero-order valence-electron chi connectivity index (χ0n) is 13.0. The van der Waals surface area contributed by atoms with Crippen molar-refractivity contribution >= 4 is 0 Å². The van der Waals surface area contributed by atoms with Crippen molar-refractivity contribution in [2.45, 2.75) is 76.2 Å². The molecule has 2 heteroatoms. The molecular formula is C18H27NO. The number of ether oxygens (including phenoxy) is 1. The number of rotatable bonds is 2. The molecule has 1 aliphatic heterocycles. The topological polar surface area (TPSA) is 21.3 Å². The molecule has 0 spiro atoms. The van der Waals surface area contributed by atoms with E-state index in [0.717, 1.165) is 6.42 Å². The molecule has 3 rings (SSSR count). The van der Waals surface area contributed by atoms with Crippen LogP contribution in [0.3, 0.4) is 0 Å². The second kappa shape index (κ2) is 5.16. The average Bonchev–Trinajstić information content (AvgIpc) is 2.88. The van der Waals surface area contributed by atoms with Gasteiger partial charge in [0.15, 0.2) is 0 Å². The van der Waals surface area contributed by atoms with Crippen molar-refractivity contribution < 1.29 is 4.74 Å². The van der Waals surface area contributed by atoms with Gasteiger partial charge in [-0.3, -0.25) is 5.32 Å². The first-order valence-corrected chi connectivity index (χ1v) is 8.01. The molecule has 1 aliphatic carbocycles. The van der Waals surface area contributed by atoms with Crippen LogP contribution < -0.4 is 5.32 Å². The molecule has 1 saturated heterocycles. The minimum absolute atomic E-state index is 0.145. The molecule has 1 aromatic rings. The maximum Gasteiger partial charge on any atom is 0.118 e. The first-order chi connectivity index (χ1) is 9.52. The van der Waals surface area contributed by atoms with Gasteiger partial charge < -0.3 is 4.74 Å². The van der Waals surface area contributed by atoms with Crippen molar-refractivity contribution in [1.82, 2.24) is 5.32 Å². The Morgan fingerprint density at radius 3 is 2.35 bits per heavy atom. The molecule has 2 aliphatic rings. The molecule has 2 atom stereocenters. The molecule has 2 nitrogen and oxygen atoms in total. The summed E-state index contributed by atoms with van der Waals surface area (Å²) in [6, 6.07) is 11.0. The Morgan fingerprint density at radius 2 is 1.75 bits per heavy atom. The van der Waals surface area contributed by atoms with Gasteiger partial charge in [-0.1, -0.05) is 43.2 Å². The molecule has 1 heterocycles. The minimum atomic E-state index is 0.145. The summed E-state index contributed by atoms with van der Waals surface area (Å²) in [5, 5.41) is 3.78. The van der Waals surface area contributed by atoms with Crippen LogP contribution in [0.5, 0.6) is 0 Å². The first-order valence-electron chi connectivity index (χ1n) is 8.01. The highest BCUT2D eigenvalue weighted by molar-refractivity contribution is 5.29. The van der Waals surface area contributed by atoms with Crippen LogP contribution in [0.25, 0.3) is 0 Å². The van der Waals surface area contributed by atoms with Crippen LogP contribution >= 0.6 is 0 Å². The van der Waals surface area contributed by atoms with E-state index in [0.29, 0.717) is 6.10 Å². The predicted octanol–water partition coefficient (Wildman–Crippen LogP) is 4.00. The summed E-state index contributed by atoms with van der Waals surface area (Å²) in [5.41, 5.74) is 1.76. The molecule has 1 N–H and O–H groups in total. The van der Waals surface area contributed by atoms with Gasteiger partial charge in [0.2, 0.25) is 0 Å². The van der Waals surface area contributed by atoms with Crippen LogP contribution in [-0.4, -0.2) is 17.9 Å².